The Labute approximate surface area is 471 Å². The fourth-order valence-electron chi connectivity index (χ4n) is 16.7. The molecule has 0 atom stereocenters. The summed E-state index contributed by atoms with van der Waals surface area (Å²) < 4.78 is 0. The lowest BCUT2D eigenvalue weighted by Crippen LogP contribution is -2.62. The molecule has 0 spiro atoms. The second-order valence-electron chi connectivity index (χ2n) is 27.9. The van der Waals surface area contributed by atoms with E-state index in [4.69, 9.17) is 0 Å². The van der Waals surface area contributed by atoms with Crippen LogP contribution >= 0.6 is 0 Å². The average Bonchev–Trinajstić information content (AvgIpc) is 3.37. The van der Waals surface area contributed by atoms with Crippen molar-refractivity contribution in [2.45, 2.75) is 135 Å². The fourth-order valence-corrected chi connectivity index (χ4v) is 16.7. The molecule has 4 heteroatoms. The quantitative estimate of drug-likeness (QED) is 0.147. The maximum absolute atomic E-state index is 2.71. The fraction of sp³-hybridized carbons (Fsp3) is 0.280. The Kier molecular flexibility index (Phi) is 10.7. The minimum Gasteiger partial charge on any atom is -0.311 e. The van der Waals surface area contributed by atoms with Crippen molar-refractivity contribution in [1.82, 2.24) is 0 Å². The largest absolute Gasteiger partial charge is 0.311 e. The Hall–Kier alpha value is -7.56. The summed E-state index contributed by atoms with van der Waals surface area (Å²) in [6.07, 6.45) is 3.29. The highest BCUT2D eigenvalue weighted by Crippen LogP contribution is 2.58. The molecular formula is C75H74BN3. The molecule has 2 aliphatic heterocycles. The lowest BCUT2D eigenvalue weighted by atomic mass is 9.33. The summed E-state index contributed by atoms with van der Waals surface area (Å²) in [4.78, 5) is 7.91. The zero-order valence-electron chi connectivity index (χ0n) is 48.5. The smallest absolute Gasteiger partial charge is 0.252 e. The van der Waals surface area contributed by atoms with Crippen LogP contribution in [0.25, 0.3) is 22.3 Å². The van der Waals surface area contributed by atoms with Gasteiger partial charge in [0.2, 0.25) is 0 Å². The van der Waals surface area contributed by atoms with E-state index in [2.05, 4.69) is 292 Å². The predicted octanol–water partition coefficient (Wildman–Crippen LogP) is 18.4. The van der Waals surface area contributed by atoms with Crippen molar-refractivity contribution in [3.05, 3.63) is 228 Å². The van der Waals surface area contributed by atoms with Gasteiger partial charge < -0.3 is 14.7 Å². The number of hydrogen-bond acceptors (Lipinski definition) is 3. The Morgan fingerprint density at radius 1 is 0.316 bits per heavy atom. The molecule has 5 aliphatic rings. The normalized spacial score (nSPS) is 18.5. The second kappa shape index (κ2) is 17.0. The van der Waals surface area contributed by atoms with Gasteiger partial charge in [0.05, 0.1) is 11.4 Å². The van der Waals surface area contributed by atoms with Crippen LogP contribution in [0.2, 0.25) is 0 Å². The van der Waals surface area contributed by atoms with Gasteiger partial charge in [-0.3, -0.25) is 0 Å². The number of hydrogen-bond donors (Lipinski definition) is 0. The van der Waals surface area contributed by atoms with E-state index in [9.17, 15) is 0 Å². The highest BCUT2D eigenvalue weighted by Gasteiger charge is 2.51. The Bertz CT molecular complexity index is 3900. The van der Waals surface area contributed by atoms with Crippen LogP contribution < -0.4 is 31.1 Å². The third kappa shape index (κ3) is 7.60. The molecule has 0 fully saturated rings. The molecule has 0 saturated heterocycles. The van der Waals surface area contributed by atoms with Gasteiger partial charge >= 0.3 is 0 Å². The summed E-state index contributed by atoms with van der Waals surface area (Å²) in [6.45, 7) is 29.6. The van der Waals surface area contributed by atoms with Crippen LogP contribution in [-0.4, -0.2) is 6.71 Å². The molecule has 79 heavy (non-hydrogen) atoms. The zero-order chi connectivity index (χ0) is 54.8. The summed E-state index contributed by atoms with van der Waals surface area (Å²) in [5, 5.41) is 0. The van der Waals surface area contributed by atoms with Gasteiger partial charge in [0, 0.05) is 45.4 Å². The molecule has 9 aromatic rings. The summed E-state index contributed by atoms with van der Waals surface area (Å²) in [6, 6.07) is 74.7. The molecule has 3 nitrogen and oxygen atoms in total. The molecule has 2 heterocycles. The van der Waals surface area contributed by atoms with Gasteiger partial charge in [-0.2, -0.15) is 0 Å². The third-order valence-electron chi connectivity index (χ3n) is 19.3. The number of benzene rings is 9. The van der Waals surface area contributed by atoms with E-state index in [0.29, 0.717) is 0 Å². The first-order valence-electron chi connectivity index (χ1n) is 29.1. The summed E-state index contributed by atoms with van der Waals surface area (Å²) in [7, 11) is 0. The highest BCUT2D eigenvalue weighted by molar-refractivity contribution is 7.00. The van der Waals surface area contributed by atoms with Crippen molar-refractivity contribution in [2.24, 2.45) is 0 Å². The minimum absolute atomic E-state index is 0.000724. The van der Waals surface area contributed by atoms with Crippen LogP contribution in [0.5, 0.6) is 0 Å². The molecule has 0 unspecified atom stereocenters. The second-order valence-corrected chi connectivity index (χ2v) is 27.9. The van der Waals surface area contributed by atoms with Gasteiger partial charge in [-0.1, -0.05) is 204 Å². The molecule has 9 aromatic carbocycles. The summed E-state index contributed by atoms with van der Waals surface area (Å²) in [5.74, 6) is 0. The molecule has 3 aliphatic carbocycles. The van der Waals surface area contributed by atoms with Crippen molar-refractivity contribution in [2.75, 3.05) is 14.7 Å². The van der Waals surface area contributed by atoms with E-state index in [0.717, 1.165) is 36.3 Å². The Morgan fingerprint density at radius 3 is 1.24 bits per heavy atom. The van der Waals surface area contributed by atoms with Gasteiger partial charge in [-0.25, -0.2) is 0 Å². The van der Waals surface area contributed by atoms with Crippen LogP contribution in [0.15, 0.2) is 194 Å². The Morgan fingerprint density at radius 2 is 0.734 bits per heavy atom. The molecule has 0 aromatic heterocycles. The van der Waals surface area contributed by atoms with Crippen molar-refractivity contribution in [3.63, 3.8) is 0 Å². The van der Waals surface area contributed by atoms with Gasteiger partial charge in [0.1, 0.15) is 0 Å². The van der Waals surface area contributed by atoms with Gasteiger partial charge in [-0.05, 0) is 191 Å². The molecule has 392 valence electrons. The maximum Gasteiger partial charge on any atom is 0.252 e. The zero-order valence-corrected chi connectivity index (χ0v) is 48.5. The van der Waals surface area contributed by atoms with E-state index < -0.39 is 0 Å². The molecule has 0 saturated carbocycles. The van der Waals surface area contributed by atoms with E-state index in [1.807, 2.05) is 0 Å². The third-order valence-corrected chi connectivity index (χ3v) is 19.3. The number of anilines is 9. The average molecular weight is 1030 g/mol. The van der Waals surface area contributed by atoms with E-state index in [-0.39, 0.29) is 39.2 Å². The molecule has 14 rings (SSSR count). The SMILES string of the molecule is CC1(C)CC(C)(C)c2cc(N3c4cc5c(cc4B4c6cc7c(cc6N(c6ccc(-c8ccccc8)cc6-c6ccccc6)c6cc(N(c8ccccc8)c8ccccc8)cc3c64)C(C)(C)CC7(C)C)C(C)(C)CC5(C)C)ccc21. The van der Waals surface area contributed by atoms with E-state index in [1.54, 1.807) is 0 Å². The van der Waals surface area contributed by atoms with Crippen LogP contribution in [0, 0.1) is 0 Å². The van der Waals surface area contributed by atoms with Crippen LogP contribution in [0.3, 0.4) is 0 Å². The topological polar surface area (TPSA) is 9.72 Å². The van der Waals surface area contributed by atoms with E-state index >= 15 is 0 Å². The summed E-state index contributed by atoms with van der Waals surface area (Å²) in [5.41, 5.74) is 28.5. The standard InChI is InChI=1S/C75H74BN3/c1-70(2)45-71(3,4)57-38-53(34-35-56(57)70)78-65-43-60-58(72(5,6)46-74(60,9)10)41-62(65)76-63-42-59-61(75(11,12)47-73(59,7)8)44-66(63)79(64-36-33-50(48-25-17-13-18-26-48)37-55(64)49-27-19-14-20-28-49)68-40-54(39-67(78)69(68)76)77(51-29-21-15-22-30-51)52-31-23-16-24-32-52/h13-44H,45-47H2,1-12H3. The van der Waals surface area contributed by atoms with Crippen LogP contribution in [0.1, 0.15) is 136 Å². The van der Waals surface area contributed by atoms with Gasteiger partial charge in [-0.15, -0.1) is 0 Å². The molecule has 0 N–H and O–H groups in total. The van der Waals surface area contributed by atoms with Crippen molar-refractivity contribution in [3.8, 4) is 22.3 Å². The lowest BCUT2D eigenvalue weighted by molar-refractivity contribution is 0.403. The number of para-hydroxylation sites is 2. The van der Waals surface area contributed by atoms with Crippen LogP contribution in [-0.2, 0) is 32.5 Å². The predicted molar refractivity (Wildman–Crippen MR) is 338 cm³/mol. The van der Waals surface area contributed by atoms with E-state index in [1.165, 1.54) is 106 Å². The number of rotatable bonds is 7. The summed E-state index contributed by atoms with van der Waals surface area (Å²) >= 11 is 0. The van der Waals surface area contributed by atoms with Gasteiger partial charge in [0.15, 0.2) is 0 Å². The van der Waals surface area contributed by atoms with Crippen LogP contribution in [0.4, 0.5) is 51.2 Å². The maximum atomic E-state index is 2.71. The van der Waals surface area contributed by atoms with Gasteiger partial charge in [0.25, 0.3) is 6.71 Å². The monoisotopic (exact) mass is 1030 g/mol. The first-order valence-corrected chi connectivity index (χ1v) is 29.1. The molecular weight excluding hydrogens is 954 g/mol. The highest BCUT2D eigenvalue weighted by atomic mass is 15.2. The molecule has 0 amide bonds. The minimum atomic E-state index is -0.0540. The molecule has 0 radical (unpaired) electrons. The first kappa shape index (κ1) is 49.7. The first-order chi connectivity index (χ1) is 37.6. The van der Waals surface area contributed by atoms with Crippen molar-refractivity contribution >= 4 is 74.3 Å². The number of nitrogens with zero attached hydrogens (tertiary/aromatic N) is 3. The number of fused-ring (bicyclic) bond motifs is 7. The lowest BCUT2D eigenvalue weighted by Gasteiger charge is -2.46. The van der Waals surface area contributed by atoms with Crippen molar-refractivity contribution < 1.29 is 0 Å². The molecule has 0 bridgehead atoms. The van der Waals surface area contributed by atoms with Crippen molar-refractivity contribution in [1.29, 1.82) is 0 Å². The Balaban J connectivity index is 1.16.